The van der Waals surface area contributed by atoms with Crippen LogP contribution in [0.1, 0.15) is 45.7 Å². The smallest absolute Gasteiger partial charge is 0.345 e. The van der Waals surface area contributed by atoms with Gasteiger partial charge in [-0.05, 0) is 45.8 Å². The Balaban J connectivity index is 0.00000280. The molecule has 6 rings (SSSR count). The van der Waals surface area contributed by atoms with Crippen LogP contribution in [0.5, 0.6) is 0 Å². The fourth-order valence-electron chi connectivity index (χ4n) is 4.93. The number of aromatic carboxylic acids is 1. The second kappa shape index (κ2) is 9.69. The van der Waals surface area contributed by atoms with Crippen molar-refractivity contribution >= 4 is 47.1 Å². The average molecular weight is 562 g/mol. The van der Waals surface area contributed by atoms with Gasteiger partial charge in [0.2, 0.25) is 5.95 Å². The monoisotopic (exact) mass is 561 g/mol. The van der Waals surface area contributed by atoms with Gasteiger partial charge in [-0.3, -0.25) is 4.79 Å². The zero-order valence-corrected chi connectivity index (χ0v) is 21.2. The number of carbonyl (C=O) groups excluding carboxylic acids is 1. The predicted octanol–water partition coefficient (Wildman–Crippen LogP) is 4.11. The molecule has 0 bridgehead atoms. The number of aromatic nitrogens is 6. The molecule has 0 spiro atoms. The van der Waals surface area contributed by atoms with E-state index in [1.807, 2.05) is 6.07 Å². The highest BCUT2D eigenvalue weighted by atomic mass is 35.5. The number of carbonyl (C=O) groups is 2. The highest BCUT2D eigenvalue weighted by Crippen LogP contribution is 2.45. The number of rotatable bonds is 5. The first-order valence-electron chi connectivity index (χ1n) is 11.0. The summed E-state index contributed by atoms with van der Waals surface area (Å²) in [5.41, 5.74) is 3.68. The van der Waals surface area contributed by atoms with Crippen LogP contribution in [-0.2, 0) is 4.79 Å². The molecule has 0 radical (unpaired) electrons. The Morgan fingerprint density at radius 2 is 2.11 bits per heavy atom. The summed E-state index contributed by atoms with van der Waals surface area (Å²) in [7, 11) is 0. The van der Waals surface area contributed by atoms with E-state index >= 15 is 0 Å². The van der Waals surface area contributed by atoms with Gasteiger partial charge in [0.1, 0.15) is 28.5 Å². The number of carboxylic acid groups (broad SMARTS) is 1. The fraction of sp³-hybridized carbons (Fsp3) is 0.217. The van der Waals surface area contributed by atoms with Gasteiger partial charge in [0.25, 0.3) is 0 Å². The Morgan fingerprint density at radius 3 is 2.84 bits per heavy atom. The Bertz CT molecular complexity index is 1550. The number of nitrogens with one attached hydrogen (secondary N) is 2. The minimum Gasteiger partial charge on any atom is -0.477 e. The molecule has 2 aliphatic rings. The van der Waals surface area contributed by atoms with Crippen molar-refractivity contribution < 1.29 is 19.1 Å². The van der Waals surface area contributed by atoms with Crippen LogP contribution < -0.4 is 5.32 Å². The van der Waals surface area contributed by atoms with Crippen LogP contribution in [0.15, 0.2) is 47.2 Å². The van der Waals surface area contributed by atoms with Gasteiger partial charge in [0.05, 0.1) is 11.6 Å². The number of carboxylic acids is 1. The van der Waals surface area contributed by atoms with Crippen molar-refractivity contribution in [3.8, 4) is 16.9 Å². The molecule has 2 atom stereocenters. The number of aromatic amines is 1. The zero-order chi connectivity index (χ0) is 25.0. The second-order valence-corrected chi connectivity index (χ2v) is 9.94. The topological polar surface area (TPSA) is 139 Å². The summed E-state index contributed by atoms with van der Waals surface area (Å²) in [6.45, 7) is 0.436. The molecule has 3 N–H and O–H groups in total. The molecule has 1 aliphatic heterocycles. The van der Waals surface area contributed by atoms with E-state index in [9.17, 15) is 19.1 Å². The van der Waals surface area contributed by atoms with E-state index in [2.05, 4.69) is 30.8 Å². The first kappa shape index (κ1) is 25.1. The standard InChI is InChI=1S/C23H17ClFN7O3S.ClH/c24-11-1-2-17(32-9-27-30-31-32)13(4-11)14-5-12(33)6-15-16(7-26-20(14)15)22-28-19(21(25)29-22)10-3-18(23(34)35)36-8-10;/h1-4,8-9,14,16,26H,5-7H2,(H,28,29)(H,34,35);1H/t14-,16+;/m0./s1. The summed E-state index contributed by atoms with van der Waals surface area (Å²) < 4.78 is 16.4. The van der Waals surface area contributed by atoms with E-state index in [1.54, 1.807) is 17.5 Å². The van der Waals surface area contributed by atoms with Gasteiger partial charge in [-0.1, -0.05) is 11.6 Å². The Hall–Kier alpha value is -3.61. The normalized spacial score (nSPS) is 18.9. The number of thiophene rings is 1. The average Bonchev–Trinajstić information content (AvgIpc) is 3.64. The van der Waals surface area contributed by atoms with Gasteiger partial charge in [-0.2, -0.15) is 4.39 Å². The number of imidazole rings is 1. The maximum atomic E-state index is 14.9. The minimum atomic E-state index is -1.08. The molecular formula is C23H18Cl2FN7O3S. The van der Waals surface area contributed by atoms with E-state index < -0.39 is 11.9 Å². The number of nitrogens with zero attached hydrogens (tertiary/aromatic N) is 5. The lowest BCUT2D eigenvalue weighted by molar-refractivity contribution is -0.119. The van der Waals surface area contributed by atoms with E-state index in [1.165, 1.54) is 17.1 Å². The number of halogens is 3. The van der Waals surface area contributed by atoms with E-state index in [0.29, 0.717) is 28.6 Å². The fourth-order valence-corrected chi connectivity index (χ4v) is 5.84. The second-order valence-electron chi connectivity index (χ2n) is 8.59. The Morgan fingerprint density at radius 1 is 1.27 bits per heavy atom. The summed E-state index contributed by atoms with van der Waals surface area (Å²) in [4.78, 5) is 31.4. The van der Waals surface area contributed by atoms with E-state index in [4.69, 9.17) is 11.6 Å². The molecule has 1 aliphatic carbocycles. The van der Waals surface area contributed by atoms with Crippen LogP contribution in [0, 0.1) is 5.95 Å². The number of tetrazole rings is 1. The Labute approximate surface area is 224 Å². The maximum Gasteiger partial charge on any atom is 0.345 e. The van der Waals surface area contributed by atoms with Crippen LogP contribution >= 0.6 is 35.3 Å². The van der Waals surface area contributed by atoms with Crippen LogP contribution in [0.4, 0.5) is 4.39 Å². The number of H-pyrrole nitrogens is 1. The molecule has 14 heteroatoms. The number of Topliss-reactive ketones (excluding diaryl/α,β-unsaturated/α-hetero) is 1. The molecule has 3 aromatic heterocycles. The lowest BCUT2D eigenvalue weighted by Gasteiger charge is -2.27. The number of hydrogen-bond acceptors (Lipinski definition) is 8. The highest BCUT2D eigenvalue weighted by Gasteiger charge is 2.39. The number of benzene rings is 1. The number of allylic oxidation sites excluding steroid dienone is 1. The number of hydrogen-bond donors (Lipinski definition) is 3. The first-order valence-corrected chi connectivity index (χ1v) is 12.2. The molecule has 10 nitrogen and oxygen atoms in total. The zero-order valence-electron chi connectivity index (χ0n) is 18.8. The summed E-state index contributed by atoms with van der Waals surface area (Å²) >= 11 is 7.33. The van der Waals surface area contributed by atoms with Gasteiger partial charge in [-0.25, -0.2) is 14.5 Å². The largest absolute Gasteiger partial charge is 0.477 e. The molecule has 0 unspecified atom stereocenters. The number of ketones is 1. The Kier molecular flexibility index (Phi) is 6.56. The molecule has 0 amide bonds. The van der Waals surface area contributed by atoms with Crippen molar-refractivity contribution in [3.05, 3.63) is 74.5 Å². The molecule has 1 aromatic carbocycles. The molecule has 4 heterocycles. The molecule has 37 heavy (non-hydrogen) atoms. The lowest BCUT2D eigenvalue weighted by atomic mass is 9.79. The van der Waals surface area contributed by atoms with Gasteiger partial charge in [0.15, 0.2) is 0 Å². The van der Waals surface area contributed by atoms with Crippen LogP contribution in [0.2, 0.25) is 5.02 Å². The van der Waals surface area contributed by atoms with Crippen LogP contribution in [0.25, 0.3) is 16.9 Å². The van der Waals surface area contributed by atoms with Crippen molar-refractivity contribution in [2.75, 3.05) is 6.54 Å². The predicted molar refractivity (Wildman–Crippen MR) is 135 cm³/mol. The quantitative estimate of drug-likeness (QED) is 0.330. The van der Waals surface area contributed by atoms with Gasteiger partial charge in [-0.15, -0.1) is 28.8 Å². The summed E-state index contributed by atoms with van der Waals surface area (Å²) in [6.07, 6.45) is 1.98. The summed E-state index contributed by atoms with van der Waals surface area (Å²) in [6, 6.07) is 6.75. The molecule has 4 aromatic rings. The highest BCUT2D eigenvalue weighted by molar-refractivity contribution is 7.12. The maximum absolute atomic E-state index is 14.9. The SMILES string of the molecule is Cl.O=C1CC2=C(NC[C@H]2c2nc(-c3csc(C(=O)O)c3)c(F)[nH]2)[C@H](c2cc(Cl)ccc2-n2cnnn2)C1. The molecule has 190 valence electrons. The van der Waals surface area contributed by atoms with Crippen molar-refractivity contribution in [2.24, 2.45) is 0 Å². The van der Waals surface area contributed by atoms with Crippen molar-refractivity contribution in [1.82, 2.24) is 35.5 Å². The van der Waals surface area contributed by atoms with E-state index in [-0.39, 0.29) is 53.4 Å². The van der Waals surface area contributed by atoms with Crippen molar-refractivity contribution in [3.63, 3.8) is 0 Å². The molecule has 0 saturated heterocycles. The third kappa shape index (κ3) is 4.41. The van der Waals surface area contributed by atoms with Crippen LogP contribution in [0.3, 0.4) is 0 Å². The van der Waals surface area contributed by atoms with Gasteiger partial charge < -0.3 is 15.4 Å². The molecule has 0 fully saturated rings. The molecule has 0 saturated carbocycles. The lowest BCUT2D eigenvalue weighted by Crippen LogP contribution is -2.23. The summed E-state index contributed by atoms with van der Waals surface area (Å²) in [5.74, 6) is -1.95. The first-order chi connectivity index (χ1) is 17.4. The van der Waals surface area contributed by atoms with Crippen molar-refractivity contribution in [1.29, 1.82) is 0 Å². The van der Waals surface area contributed by atoms with E-state index in [0.717, 1.165) is 28.2 Å². The third-order valence-corrected chi connectivity index (χ3v) is 7.64. The molecular weight excluding hydrogens is 544 g/mol. The van der Waals surface area contributed by atoms with Gasteiger partial charge in [0, 0.05) is 47.0 Å². The van der Waals surface area contributed by atoms with Crippen LogP contribution in [-0.4, -0.2) is 53.6 Å². The summed E-state index contributed by atoms with van der Waals surface area (Å²) in [5, 5.41) is 26.1. The van der Waals surface area contributed by atoms with Gasteiger partial charge >= 0.3 is 5.97 Å². The van der Waals surface area contributed by atoms with Crippen molar-refractivity contribution in [2.45, 2.75) is 24.7 Å². The minimum absolute atomic E-state index is 0. The third-order valence-electron chi connectivity index (χ3n) is 6.48.